The molecule has 0 unspecified atom stereocenters. The van der Waals surface area contributed by atoms with Crippen molar-refractivity contribution in [2.45, 2.75) is 6.92 Å². The number of methoxy groups -OCH3 is 1. The average molecular weight is 201 g/mol. The second-order valence-corrected chi connectivity index (χ2v) is 2.89. The van der Waals surface area contributed by atoms with Gasteiger partial charge in [0.15, 0.2) is 11.6 Å². The van der Waals surface area contributed by atoms with Crippen LogP contribution in [0.3, 0.4) is 0 Å². The summed E-state index contributed by atoms with van der Waals surface area (Å²) in [6.45, 7) is 1.80. The maximum Gasteiger partial charge on any atom is 0.165 e. The lowest BCUT2D eigenvalue weighted by molar-refractivity contribution is 0.386. The molecule has 0 aliphatic rings. The molecule has 0 aliphatic carbocycles. The highest BCUT2D eigenvalue weighted by molar-refractivity contribution is 6.48. The molecular formula is C10H10ClFO. The summed E-state index contributed by atoms with van der Waals surface area (Å²) in [4.78, 5) is 0. The average Bonchev–Trinajstić information content (AvgIpc) is 2.16. The molecule has 0 fully saturated rings. The van der Waals surface area contributed by atoms with Gasteiger partial charge in [0, 0.05) is 5.03 Å². The van der Waals surface area contributed by atoms with Crippen LogP contribution >= 0.6 is 11.6 Å². The molecule has 0 bridgehead atoms. The standard InChI is InChI=1S/C10H10ClFO/c1-3-8(11)7-4-5-10(13-2)9(12)6-7/h3-6H,1-2H3. The third-order valence-corrected chi connectivity index (χ3v) is 2.12. The molecular weight excluding hydrogens is 191 g/mol. The Morgan fingerprint density at radius 1 is 1.54 bits per heavy atom. The van der Waals surface area contributed by atoms with Gasteiger partial charge in [0.1, 0.15) is 0 Å². The van der Waals surface area contributed by atoms with E-state index in [4.69, 9.17) is 16.3 Å². The maximum atomic E-state index is 13.1. The van der Waals surface area contributed by atoms with Crippen LogP contribution in [0.4, 0.5) is 4.39 Å². The van der Waals surface area contributed by atoms with E-state index in [0.29, 0.717) is 10.6 Å². The molecule has 0 amide bonds. The van der Waals surface area contributed by atoms with Crippen molar-refractivity contribution in [2.24, 2.45) is 0 Å². The van der Waals surface area contributed by atoms with Gasteiger partial charge < -0.3 is 4.74 Å². The van der Waals surface area contributed by atoms with Gasteiger partial charge in [-0.15, -0.1) is 0 Å². The number of ether oxygens (including phenoxy) is 1. The summed E-state index contributed by atoms with van der Waals surface area (Å²) in [5.41, 5.74) is 0.655. The van der Waals surface area contributed by atoms with Crippen LogP contribution in [0.25, 0.3) is 5.03 Å². The van der Waals surface area contributed by atoms with Gasteiger partial charge >= 0.3 is 0 Å². The van der Waals surface area contributed by atoms with Crippen LogP contribution in [0, 0.1) is 5.82 Å². The lowest BCUT2D eigenvalue weighted by Gasteiger charge is -2.03. The molecule has 1 aromatic carbocycles. The molecule has 1 nitrogen and oxygen atoms in total. The third kappa shape index (κ3) is 2.22. The van der Waals surface area contributed by atoms with Crippen LogP contribution in [0.15, 0.2) is 24.3 Å². The Bertz CT molecular complexity index is 334. The fraction of sp³-hybridized carbons (Fsp3) is 0.200. The number of hydrogen-bond donors (Lipinski definition) is 0. The summed E-state index contributed by atoms with van der Waals surface area (Å²) in [6, 6.07) is 4.61. The van der Waals surface area contributed by atoms with Crippen molar-refractivity contribution in [1.82, 2.24) is 0 Å². The van der Waals surface area contributed by atoms with Crippen molar-refractivity contribution in [3.63, 3.8) is 0 Å². The first-order valence-corrected chi connectivity index (χ1v) is 4.22. The molecule has 0 N–H and O–H groups in total. The fourth-order valence-electron chi connectivity index (χ4n) is 0.982. The van der Waals surface area contributed by atoms with E-state index < -0.39 is 5.82 Å². The van der Waals surface area contributed by atoms with Crippen LogP contribution in [-0.2, 0) is 0 Å². The number of hydrogen-bond acceptors (Lipinski definition) is 1. The van der Waals surface area contributed by atoms with E-state index in [1.807, 2.05) is 0 Å². The minimum atomic E-state index is -0.403. The van der Waals surface area contributed by atoms with E-state index in [1.54, 1.807) is 25.1 Å². The number of halogens is 2. The van der Waals surface area contributed by atoms with Crippen molar-refractivity contribution in [3.05, 3.63) is 35.7 Å². The van der Waals surface area contributed by atoms with Crippen molar-refractivity contribution in [3.8, 4) is 5.75 Å². The van der Waals surface area contributed by atoms with E-state index in [2.05, 4.69) is 0 Å². The minimum Gasteiger partial charge on any atom is -0.494 e. The van der Waals surface area contributed by atoms with Gasteiger partial charge in [0.05, 0.1) is 7.11 Å². The number of rotatable bonds is 2. The predicted molar refractivity (Wildman–Crippen MR) is 52.5 cm³/mol. The molecule has 0 saturated heterocycles. The van der Waals surface area contributed by atoms with Crippen LogP contribution in [-0.4, -0.2) is 7.11 Å². The summed E-state index contributed by atoms with van der Waals surface area (Å²) >= 11 is 5.81. The Morgan fingerprint density at radius 3 is 2.69 bits per heavy atom. The number of allylic oxidation sites excluding steroid dienone is 1. The first kappa shape index (κ1) is 10.1. The lowest BCUT2D eigenvalue weighted by Crippen LogP contribution is -1.88. The topological polar surface area (TPSA) is 9.23 Å². The van der Waals surface area contributed by atoms with E-state index in [-0.39, 0.29) is 5.75 Å². The van der Waals surface area contributed by atoms with Gasteiger partial charge in [-0.3, -0.25) is 0 Å². The van der Waals surface area contributed by atoms with Crippen LogP contribution < -0.4 is 4.74 Å². The van der Waals surface area contributed by atoms with Crippen molar-refractivity contribution >= 4 is 16.6 Å². The Labute approximate surface area is 81.8 Å². The van der Waals surface area contributed by atoms with Crippen molar-refractivity contribution in [2.75, 3.05) is 7.11 Å². The Balaban J connectivity index is 3.10. The van der Waals surface area contributed by atoms with Crippen molar-refractivity contribution in [1.29, 1.82) is 0 Å². The van der Waals surface area contributed by atoms with Gasteiger partial charge in [-0.05, 0) is 30.7 Å². The van der Waals surface area contributed by atoms with Gasteiger partial charge in [-0.2, -0.15) is 0 Å². The molecule has 0 saturated carbocycles. The predicted octanol–water partition coefficient (Wildman–Crippen LogP) is 3.43. The summed E-state index contributed by atoms with van der Waals surface area (Å²) in [5, 5.41) is 0.529. The second-order valence-electron chi connectivity index (χ2n) is 2.49. The highest BCUT2D eigenvalue weighted by Gasteiger charge is 2.04. The minimum absolute atomic E-state index is 0.226. The quantitative estimate of drug-likeness (QED) is 0.711. The molecule has 0 heterocycles. The van der Waals surface area contributed by atoms with Gasteiger partial charge in [0.2, 0.25) is 0 Å². The zero-order valence-corrected chi connectivity index (χ0v) is 8.23. The van der Waals surface area contributed by atoms with Crippen LogP contribution in [0.1, 0.15) is 12.5 Å². The Morgan fingerprint density at radius 2 is 2.23 bits per heavy atom. The van der Waals surface area contributed by atoms with E-state index in [1.165, 1.54) is 13.2 Å². The smallest absolute Gasteiger partial charge is 0.165 e. The van der Waals surface area contributed by atoms with Gasteiger partial charge in [0.25, 0.3) is 0 Å². The highest BCUT2D eigenvalue weighted by atomic mass is 35.5. The maximum absolute atomic E-state index is 13.1. The van der Waals surface area contributed by atoms with E-state index in [9.17, 15) is 4.39 Å². The molecule has 0 aliphatic heterocycles. The van der Waals surface area contributed by atoms with E-state index in [0.717, 1.165) is 0 Å². The monoisotopic (exact) mass is 200 g/mol. The number of benzene rings is 1. The molecule has 0 spiro atoms. The van der Waals surface area contributed by atoms with Crippen LogP contribution in [0.5, 0.6) is 5.75 Å². The van der Waals surface area contributed by atoms with Crippen LogP contribution in [0.2, 0.25) is 0 Å². The molecule has 3 heteroatoms. The SMILES string of the molecule is CC=C(Cl)c1ccc(OC)c(F)c1. The van der Waals surface area contributed by atoms with Gasteiger partial charge in [-0.1, -0.05) is 17.7 Å². The first-order valence-electron chi connectivity index (χ1n) is 3.84. The lowest BCUT2D eigenvalue weighted by atomic mass is 10.2. The highest BCUT2D eigenvalue weighted by Crippen LogP contribution is 2.24. The molecule has 1 rings (SSSR count). The Kier molecular flexibility index (Phi) is 3.32. The molecule has 0 aromatic heterocycles. The largest absolute Gasteiger partial charge is 0.494 e. The summed E-state index contributed by atoms with van der Waals surface area (Å²) < 4.78 is 17.9. The molecule has 70 valence electrons. The second kappa shape index (κ2) is 4.28. The normalized spacial score (nSPS) is 11.5. The zero-order chi connectivity index (χ0) is 9.84. The summed E-state index contributed by atoms with van der Waals surface area (Å²) in [6.07, 6.45) is 1.71. The summed E-state index contributed by atoms with van der Waals surface area (Å²) in [7, 11) is 1.43. The van der Waals surface area contributed by atoms with E-state index >= 15 is 0 Å². The van der Waals surface area contributed by atoms with Gasteiger partial charge in [-0.25, -0.2) is 4.39 Å². The fourth-order valence-corrected chi connectivity index (χ4v) is 1.10. The molecule has 0 radical (unpaired) electrons. The molecule has 1 aromatic rings. The third-order valence-electron chi connectivity index (χ3n) is 1.68. The Hall–Kier alpha value is -1.02. The first-order chi connectivity index (χ1) is 6.19. The van der Waals surface area contributed by atoms with Crippen molar-refractivity contribution < 1.29 is 9.13 Å². The molecule has 13 heavy (non-hydrogen) atoms. The summed E-state index contributed by atoms with van der Waals surface area (Å²) in [5.74, 6) is -0.177. The molecule has 0 atom stereocenters. The zero-order valence-electron chi connectivity index (χ0n) is 7.47.